The van der Waals surface area contributed by atoms with Crippen LogP contribution in [0.3, 0.4) is 0 Å². The van der Waals surface area contributed by atoms with Crippen molar-refractivity contribution in [1.82, 2.24) is 20.4 Å². The van der Waals surface area contributed by atoms with E-state index in [0.717, 1.165) is 5.56 Å². The Balaban J connectivity index is 1.33. The van der Waals surface area contributed by atoms with Gasteiger partial charge in [0.15, 0.2) is 5.82 Å². The van der Waals surface area contributed by atoms with Gasteiger partial charge in [-0.1, -0.05) is 41.6 Å². The van der Waals surface area contributed by atoms with Crippen molar-refractivity contribution < 1.29 is 14.1 Å². The van der Waals surface area contributed by atoms with Crippen LogP contribution in [0.1, 0.15) is 29.7 Å². The minimum absolute atomic E-state index is 0.0184. The number of carbonyl (C=O) groups excluding carboxylic acids is 1. The number of methoxy groups -OCH3 is 1. The molecule has 2 heterocycles. The molecular weight excluding hydrogens is 382 g/mol. The molecule has 156 valence electrons. The number of anilines is 1. The van der Waals surface area contributed by atoms with Gasteiger partial charge >= 0.3 is 6.03 Å². The number of hydrogen-bond donors (Lipinski definition) is 2. The zero-order valence-electron chi connectivity index (χ0n) is 17.0. The molecule has 0 aliphatic carbocycles. The number of carbonyl (C=O) groups is 1. The Labute approximate surface area is 175 Å². The van der Waals surface area contributed by atoms with Crippen molar-refractivity contribution in [2.24, 2.45) is 0 Å². The van der Waals surface area contributed by atoms with Crippen LogP contribution in [0.5, 0.6) is 5.75 Å². The minimum atomic E-state index is -0.252. The van der Waals surface area contributed by atoms with Gasteiger partial charge in [-0.3, -0.25) is 4.90 Å². The summed E-state index contributed by atoms with van der Waals surface area (Å²) in [6, 6.07) is 17.0. The smallest absolute Gasteiger partial charge is 0.319 e. The van der Waals surface area contributed by atoms with E-state index < -0.39 is 0 Å². The number of rotatable bonds is 6. The summed E-state index contributed by atoms with van der Waals surface area (Å²) in [5, 5.41) is 9.99. The lowest BCUT2D eigenvalue weighted by Gasteiger charge is -2.14. The van der Waals surface area contributed by atoms with Crippen LogP contribution in [0.25, 0.3) is 0 Å². The third kappa shape index (κ3) is 4.77. The zero-order chi connectivity index (χ0) is 20.9. The molecule has 0 bridgehead atoms. The molecule has 2 aromatic carbocycles. The number of urea groups is 1. The number of benzene rings is 2. The molecule has 2 amide bonds. The Bertz CT molecular complexity index is 991. The van der Waals surface area contributed by atoms with Crippen molar-refractivity contribution in [2.45, 2.75) is 24.9 Å². The summed E-state index contributed by atoms with van der Waals surface area (Å²) >= 11 is 0. The summed E-state index contributed by atoms with van der Waals surface area (Å²) in [5.74, 6) is 1.94. The van der Waals surface area contributed by atoms with E-state index in [1.165, 1.54) is 0 Å². The molecule has 8 nitrogen and oxygen atoms in total. The Hall–Kier alpha value is -3.39. The number of likely N-dealkylation sites (tertiary alicyclic amines) is 1. The largest absolute Gasteiger partial charge is 0.497 e. The topological polar surface area (TPSA) is 92.5 Å². The summed E-state index contributed by atoms with van der Waals surface area (Å²) in [6.45, 7) is 0.701. The zero-order valence-corrected chi connectivity index (χ0v) is 17.0. The van der Waals surface area contributed by atoms with Gasteiger partial charge in [-0.25, -0.2) is 4.79 Å². The van der Waals surface area contributed by atoms with Gasteiger partial charge in [0.25, 0.3) is 0 Å². The maximum atomic E-state index is 12.4. The molecule has 0 spiro atoms. The molecule has 4 rings (SSSR count). The van der Waals surface area contributed by atoms with E-state index in [-0.39, 0.29) is 18.1 Å². The Morgan fingerprint density at radius 2 is 2.07 bits per heavy atom. The lowest BCUT2D eigenvalue weighted by molar-refractivity contribution is 0.243. The van der Waals surface area contributed by atoms with Crippen LogP contribution in [0.4, 0.5) is 10.5 Å². The fraction of sp³-hybridized carbons (Fsp3) is 0.318. The van der Waals surface area contributed by atoms with E-state index in [2.05, 4.69) is 25.7 Å². The first-order chi connectivity index (χ1) is 14.6. The molecule has 1 aliphatic rings. The molecule has 3 aromatic rings. The van der Waals surface area contributed by atoms with Crippen LogP contribution in [-0.4, -0.2) is 47.8 Å². The van der Waals surface area contributed by atoms with Gasteiger partial charge in [-0.2, -0.15) is 4.98 Å². The molecule has 8 heteroatoms. The first kappa shape index (κ1) is 19.9. The van der Waals surface area contributed by atoms with Crippen LogP contribution in [0, 0.1) is 0 Å². The predicted octanol–water partition coefficient (Wildman–Crippen LogP) is 3.24. The molecular formula is C22H25N5O3. The van der Waals surface area contributed by atoms with Crippen LogP contribution < -0.4 is 15.4 Å². The molecule has 1 aliphatic heterocycles. The van der Waals surface area contributed by atoms with Gasteiger partial charge in [0, 0.05) is 30.8 Å². The monoisotopic (exact) mass is 407 g/mol. The van der Waals surface area contributed by atoms with E-state index >= 15 is 0 Å². The van der Waals surface area contributed by atoms with E-state index in [9.17, 15) is 4.79 Å². The molecule has 2 atom stereocenters. The van der Waals surface area contributed by atoms with Crippen molar-refractivity contribution in [3.8, 4) is 5.75 Å². The molecule has 2 N–H and O–H groups in total. The summed E-state index contributed by atoms with van der Waals surface area (Å²) in [4.78, 5) is 19.1. The highest BCUT2D eigenvalue weighted by Gasteiger charge is 2.35. The molecule has 0 radical (unpaired) electrons. The first-order valence-electron chi connectivity index (χ1n) is 9.89. The standard InChI is InChI=1S/C22H25N5O3/c1-27-14-17(24-22(28)23-16-9-6-10-18(12-16)29-2)13-19(27)21-25-20(26-30-21)11-15-7-4-3-5-8-15/h3-10,12,17,19H,11,13-14H2,1-2H3,(H2,23,24,28)/t17-,19-/m0/s1. The summed E-state index contributed by atoms with van der Waals surface area (Å²) in [7, 11) is 3.59. The Kier molecular flexibility index (Phi) is 5.94. The number of aromatic nitrogens is 2. The van der Waals surface area contributed by atoms with Gasteiger partial charge in [0.2, 0.25) is 5.89 Å². The molecule has 30 heavy (non-hydrogen) atoms. The maximum absolute atomic E-state index is 12.4. The van der Waals surface area contributed by atoms with Crippen molar-refractivity contribution in [3.05, 3.63) is 71.9 Å². The summed E-state index contributed by atoms with van der Waals surface area (Å²) < 4.78 is 10.7. The highest BCUT2D eigenvalue weighted by Crippen LogP contribution is 2.30. The second kappa shape index (κ2) is 8.96. The van der Waals surface area contributed by atoms with Crippen LogP contribution in [0.2, 0.25) is 0 Å². The molecule has 1 fully saturated rings. The maximum Gasteiger partial charge on any atom is 0.319 e. The fourth-order valence-electron chi connectivity index (χ4n) is 3.70. The van der Waals surface area contributed by atoms with E-state index in [1.807, 2.05) is 55.6 Å². The number of nitrogens with one attached hydrogen (secondary N) is 2. The Morgan fingerprint density at radius 3 is 2.87 bits per heavy atom. The quantitative estimate of drug-likeness (QED) is 0.652. The van der Waals surface area contributed by atoms with Crippen molar-refractivity contribution in [3.63, 3.8) is 0 Å². The number of ether oxygens (including phenoxy) is 1. The number of nitrogens with zero attached hydrogens (tertiary/aromatic N) is 3. The van der Waals surface area contributed by atoms with Gasteiger partial charge in [-0.15, -0.1) is 0 Å². The second-order valence-electron chi connectivity index (χ2n) is 7.43. The molecule has 0 unspecified atom stereocenters. The molecule has 1 saturated heterocycles. The van der Waals surface area contributed by atoms with Crippen LogP contribution >= 0.6 is 0 Å². The summed E-state index contributed by atoms with van der Waals surface area (Å²) in [6.07, 6.45) is 1.33. The summed E-state index contributed by atoms with van der Waals surface area (Å²) in [5.41, 5.74) is 1.82. The average Bonchev–Trinajstić information content (AvgIpc) is 3.34. The lowest BCUT2D eigenvalue weighted by atomic mass is 10.1. The molecule has 0 saturated carbocycles. The van der Waals surface area contributed by atoms with E-state index in [4.69, 9.17) is 9.26 Å². The lowest BCUT2D eigenvalue weighted by Crippen LogP contribution is -2.39. The third-order valence-corrected chi connectivity index (χ3v) is 5.18. The predicted molar refractivity (Wildman–Crippen MR) is 112 cm³/mol. The van der Waals surface area contributed by atoms with E-state index in [0.29, 0.717) is 42.5 Å². The van der Waals surface area contributed by atoms with Gasteiger partial charge < -0.3 is 19.9 Å². The second-order valence-corrected chi connectivity index (χ2v) is 7.43. The van der Waals surface area contributed by atoms with Gasteiger partial charge in [0.1, 0.15) is 5.75 Å². The fourth-order valence-corrected chi connectivity index (χ4v) is 3.70. The number of hydrogen-bond acceptors (Lipinski definition) is 6. The number of amides is 2. The van der Waals surface area contributed by atoms with Crippen molar-refractivity contribution in [2.75, 3.05) is 26.0 Å². The van der Waals surface area contributed by atoms with Crippen LogP contribution in [0.15, 0.2) is 59.1 Å². The highest BCUT2D eigenvalue weighted by atomic mass is 16.5. The average molecular weight is 407 g/mol. The third-order valence-electron chi connectivity index (χ3n) is 5.18. The van der Waals surface area contributed by atoms with Crippen molar-refractivity contribution >= 4 is 11.7 Å². The SMILES string of the molecule is COc1cccc(NC(=O)N[C@H]2C[C@@H](c3nc(Cc4ccccc4)no3)N(C)C2)c1. The molecule has 1 aromatic heterocycles. The highest BCUT2D eigenvalue weighted by molar-refractivity contribution is 5.89. The normalized spacial score (nSPS) is 18.9. The van der Waals surface area contributed by atoms with Crippen molar-refractivity contribution in [1.29, 1.82) is 0 Å². The van der Waals surface area contributed by atoms with E-state index in [1.54, 1.807) is 13.2 Å². The van der Waals surface area contributed by atoms with Gasteiger partial charge in [-0.05, 0) is 31.2 Å². The minimum Gasteiger partial charge on any atom is -0.497 e. The van der Waals surface area contributed by atoms with Crippen LogP contribution in [-0.2, 0) is 6.42 Å². The number of likely N-dealkylation sites (N-methyl/N-ethyl adjacent to an activating group) is 1. The first-order valence-corrected chi connectivity index (χ1v) is 9.89. The van der Waals surface area contributed by atoms with Gasteiger partial charge in [0.05, 0.1) is 13.2 Å². The Morgan fingerprint density at radius 1 is 1.23 bits per heavy atom.